The number of amides is 1. The Morgan fingerprint density at radius 1 is 1.19 bits per heavy atom. The number of carbonyl (C=O) groups excluding carboxylic acids is 1. The number of benzene rings is 1. The quantitative estimate of drug-likeness (QED) is 0.679. The number of pyridine rings is 1. The number of rotatable bonds is 3. The maximum atomic E-state index is 12.0. The van der Waals surface area contributed by atoms with Crippen LogP contribution >= 0.6 is 0 Å². The molecule has 0 aliphatic carbocycles. The van der Waals surface area contributed by atoms with E-state index in [1.54, 1.807) is 13.0 Å². The van der Waals surface area contributed by atoms with Crippen molar-refractivity contribution in [1.29, 1.82) is 0 Å². The molecule has 0 aliphatic heterocycles. The van der Waals surface area contributed by atoms with Crippen molar-refractivity contribution >= 4 is 17.6 Å². The fraction of sp³-hybridized carbons (Fsp3) is 0.0714. The number of aromatic amines is 1. The molecule has 0 unspecified atom stereocenters. The maximum absolute atomic E-state index is 12.0. The van der Waals surface area contributed by atoms with Crippen LogP contribution in [-0.2, 0) is 0 Å². The number of aromatic nitrogens is 1. The molecule has 108 valence electrons. The molecular weight excluding hydrogens is 276 g/mol. The minimum atomic E-state index is -1.18. The molecule has 7 nitrogen and oxygen atoms in total. The number of anilines is 1. The van der Waals surface area contributed by atoms with Crippen molar-refractivity contribution < 1.29 is 19.8 Å². The zero-order chi connectivity index (χ0) is 15.6. The highest BCUT2D eigenvalue weighted by atomic mass is 16.4. The summed E-state index contributed by atoms with van der Waals surface area (Å²) >= 11 is 0. The standard InChI is InChI=1S/C14H12N2O5/c1-7-2-3-10(9(4-7)14(20)21)15-13(19)8-5-11(17)16-12(18)6-8/h2-6H,1H3,(H,15,19)(H,20,21)(H2,16,17,18). The van der Waals surface area contributed by atoms with Gasteiger partial charge in [-0.25, -0.2) is 4.79 Å². The van der Waals surface area contributed by atoms with Crippen molar-refractivity contribution in [2.24, 2.45) is 0 Å². The largest absolute Gasteiger partial charge is 0.494 e. The first-order valence-electron chi connectivity index (χ1n) is 5.95. The predicted molar refractivity (Wildman–Crippen MR) is 74.8 cm³/mol. The van der Waals surface area contributed by atoms with Crippen LogP contribution in [0.4, 0.5) is 5.69 Å². The summed E-state index contributed by atoms with van der Waals surface area (Å²) in [6.07, 6.45) is 0. The molecule has 2 aromatic rings. The van der Waals surface area contributed by atoms with Crippen molar-refractivity contribution in [3.05, 3.63) is 57.4 Å². The van der Waals surface area contributed by atoms with Gasteiger partial charge in [0, 0.05) is 12.1 Å². The molecule has 1 amide bonds. The van der Waals surface area contributed by atoms with E-state index in [-0.39, 0.29) is 16.8 Å². The van der Waals surface area contributed by atoms with Crippen LogP contribution in [0.5, 0.6) is 5.88 Å². The molecule has 2 rings (SSSR count). The second-order valence-electron chi connectivity index (χ2n) is 4.43. The Hall–Kier alpha value is -3.09. The molecule has 0 saturated heterocycles. The van der Waals surface area contributed by atoms with E-state index in [0.29, 0.717) is 0 Å². The van der Waals surface area contributed by atoms with Gasteiger partial charge in [0.2, 0.25) is 0 Å². The predicted octanol–water partition coefficient (Wildman–Crippen LogP) is 1.34. The summed E-state index contributed by atoms with van der Waals surface area (Å²) in [5, 5.41) is 20.8. The number of carboxylic acid groups (broad SMARTS) is 1. The van der Waals surface area contributed by atoms with Gasteiger partial charge in [0.1, 0.15) is 0 Å². The number of hydrogen-bond acceptors (Lipinski definition) is 4. The first-order valence-corrected chi connectivity index (χ1v) is 5.95. The van der Waals surface area contributed by atoms with E-state index in [1.165, 1.54) is 12.1 Å². The van der Waals surface area contributed by atoms with Gasteiger partial charge in [-0.1, -0.05) is 11.6 Å². The number of H-pyrrole nitrogens is 1. The molecule has 1 aromatic heterocycles. The number of nitrogens with one attached hydrogen (secondary N) is 2. The van der Waals surface area contributed by atoms with Crippen molar-refractivity contribution in [2.45, 2.75) is 6.92 Å². The Morgan fingerprint density at radius 3 is 2.52 bits per heavy atom. The van der Waals surface area contributed by atoms with E-state index in [4.69, 9.17) is 5.11 Å². The van der Waals surface area contributed by atoms with Crippen LogP contribution in [0.1, 0.15) is 26.3 Å². The monoisotopic (exact) mass is 288 g/mol. The fourth-order valence-corrected chi connectivity index (χ4v) is 1.80. The van der Waals surface area contributed by atoms with E-state index in [0.717, 1.165) is 17.7 Å². The Balaban J connectivity index is 2.36. The van der Waals surface area contributed by atoms with E-state index >= 15 is 0 Å². The highest BCUT2D eigenvalue weighted by Crippen LogP contribution is 2.18. The molecule has 0 saturated carbocycles. The lowest BCUT2D eigenvalue weighted by atomic mass is 10.1. The number of carboxylic acids is 1. The average molecular weight is 288 g/mol. The minimum absolute atomic E-state index is 0.0580. The zero-order valence-corrected chi connectivity index (χ0v) is 11.0. The highest BCUT2D eigenvalue weighted by molar-refractivity contribution is 6.07. The molecule has 0 aliphatic rings. The molecule has 0 atom stereocenters. The molecule has 4 N–H and O–H groups in total. The van der Waals surface area contributed by atoms with Gasteiger partial charge in [-0.05, 0) is 19.1 Å². The number of aryl methyl sites for hydroxylation is 1. The lowest BCUT2D eigenvalue weighted by Crippen LogP contribution is -2.17. The summed E-state index contributed by atoms with van der Waals surface area (Å²) in [6.45, 7) is 1.73. The normalized spacial score (nSPS) is 10.1. The van der Waals surface area contributed by atoms with E-state index in [2.05, 4.69) is 10.3 Å². The summed E-state index contributed by atoms with van der Waals surface area (Å²) in [6, 6.07) is 6.61. The topological polar surface area (TPSA) is 119 Å². The van der Waals surface area contributed by atoms with E-state index in [9.17, 15) is 19.5 Å². The molecule has 21 heavy (non-hydrogen) atoms. The molecule has 0 radical (unpaired) electrons. The van der Waals surface area contributed by atoms with Crippen LogP contribution in [0, 0.1) is 6.92 Å². The van der Waals surface area contributed by atoms with Crippen LogP contribution < -0.4 is 10.9 Å². The summed E-state index contributed by atoms with van der Waals surface area (Å²) in [5.41, 5.74) is 0.0742. The first-order chi connectivity index (χ1) is 9.86. The van der Waals surface area contributed by atoms with Crippen LogP contribution in [0.15, 0.2) is 35.1 Å². The molecule has 0 spiro atoms. The summed E-state index contributed by atoms with van der Waals surface area (Å²) in [7, 11) is 0. The van der Waals surface area contributed by atoms with Crippen molar-refractivity contribution in [3.8, 4) is 5.88 Å². The van der Waals surface area contributed by atoms with E-state index in [1.807, 2.05) is 0 Å². The average Bonchev–Trinajstić information content (AvgIpc) is 2.39. The van der Waals surface area contributed by atoms with Gasteiger partial charge in [-0.3, -0.25) is 14.6 Å². The molecular formula is C14H12N2O5. The minimum Gasteiger partial charge on any atom is -0.494 e. The Bertz CT molecular complexity index is 779. The van der Waals surface area contributed by atoms with Crippen molar-refractivity contribution in [3.63, 3.8) is 0 Å². The van der Waals surface area contributed by atoms with Gasteiger partial charge < -0.3 is 15.5 Å². The Labute approximate surface area is 118 Å². The fourth-order valence-electron chi connectivity index (χ4n) is 1.80. The second-order valence-corrected chi connectivity index (χ2v) is 4.43. The molecule has 0 bridgehead atoms. The van der Waals surface area contributed by atoms with Gasteiger partial charge in [-0.15, -0.1) is 0 Å². The third-order valence-electron chi connectivity index (χ3n) is 2.75. The number of hydrogen-bond donors (Lipinski definition) is 4. The maximum Gasteiger partial charge on any atom is 0.337 e. The van der Waals surface area contributed by atoms with Crippen LogP contribution in [0.2, 0.25) is 0 Å². The van der Waals surface area contributed by atoms with Crippen molar-refractivity contribution in [2.75, 3.05) is 5.32 Å². The molecule has 1 aromatic carbocycles. The second kappa shape index (κ2) is 5.49. The summed E-state index contributed by atoms with van der Waals surface area (Å²) in [4.78, 5) is 36.5. The molecule has 7 heteroatoms. The number of carbonyl (C=O) groups is 2. The van der Waals surface area contributed by atoms with Crippen LogP contribution in [0.3, 0.4) is 0 Å². The summed E-state index contributed by atoms with van der Waals surface area (Å²) < 4.78 is 0. The summed E-state index contributed by atoms with van der Waals surface area (Å²) in [5.74, 6) is -2.32. The smallest absolute Gasteiger partial charge is 0.337 e. The lowest BCUT2D eigenvalue weighted by Gasteiger charge is -2.09. The van der Waals surface area contributed by atoms with Crippen molar-refractivity contribution in [1.82, 2.24) is 4.98 Å². The Morgan fingerprint density at radius 2 is 1.90 bits per heavy atom. The Kier molecular flexibility index (Phi) is 3.75. The van der Waals surface area contributed by atoms with Crippen LogP contribution in [-0.4, -0.2) is 27.1 Å². The van der Waals surface area contributed by atoms with Gasteiger partial charge in [0.05, 0.1) is 16.8 Å². The van der Waals surface area contributed by atoms with Gasteiger partial charge >= 0.3 is 5.97 Å². The highest BCUT2D eigenvalue weighted by Gasteiger charge is 2.14. The molecule has 1 heterocycles. The number of aromatic carboxylic acids is 1. The third-order valence-corrected chi connectivity index (χ3v) is 2.75. The SMILES string of the molecule is Cc1ccc(NC(=O)c2cc(O)[nH]c(=O)c2)c(C(=O)O)c1. The molecule has 0 fully saturated rings. The van der Waals surface area contributed by atoms with Gasteiger partial charge in [0.25, 0.3) is 11.5 Å². The van der Waals surface area contributed by atoms with Crippen LogP contribution in [0.25, 0.3) is 0 Å². The number of aromatic hydroxyl groups is 1. The zero-order valence-electron chi connectivity index (χ0n) is 11.0. The van der Waals surface area contributed by atoms with E-state index < -0.39 is 23.3 Å². The van der Waals surface area contributed by atoms with Gasteiger partial charge in [0.15, 0.2) is 5.88 Å². The third kappa shape index (κ3) is 3.27. The first kappa shape index (κ1) is 14.3. The van der Waals surface area contributed by atoms with Gasteiger partial charge in [-0.2, -0.15) is 0 Å². The lowest BCUT2D eigenvalue weighted by molar-refractivity contribution is 0.0698.